The topological polar surface area (TPSA) is 113 Å². The lowest BCUT2D eigenvalue weighted by molar-refractivity contribution is 0.319. The molecule has 0 bridgehead atoms. The predicted octanol–water partition coefficient (Wildman–Crippen LogP) is 2.63. The summed E-state index contributed by atoms with van der Waals surface area (Å²) in [4.78, 5) is 17.7. The molecule has 2 rings (SSSR count). The highest BCUT2D eigenvalue weighted by atomic mass is 35.5. The standard InChI is InChI=1S/C13H17ClNO6PS2/c1-9-11-7-10(21-6-2-5-14)3-4-12(11)23-13(9)24(19,20)15-8-22(16,17)18/h3-4,7,15H,2,5-6,8H2,1H3,(H2,16,17,18). The molecule has 0 aliphatic rings. The van der Waals surface area contributed by atoms with Gasteiger partial charge in [0.25, 0.3) is 10.0 Å². The number of fused-ring (bicyclic) bond motifs is 1. The lowest BCUT2D eigenvalue weighted by Crippen LogP contribution is -2.24. The van der Waals surface area contributed by atoms with Gasteiger partial charge in [0.15, 0.2) is 0 Å². The van der Waals surface area contributed by atoms with Crippen LogP contribution in [0.3, 0.4) is 0 Å². The zero-order valence-corrected chi connectivity index (χ0v) is 16.0. The predicted molar refractivity (Wildman–Crippen MR) is 94.6 cm³/mol. The molecule has 1 aromatic heterocycles. The SMILES string of the molecule is Cc1c(S(=O)(=O)NCP(=O)(O)O)sc2ccc(OCCCCl)cc12. The third-order valence-corrected chi connectivity index (χ3v) is 7.46. The van der Waals surface area contributed by atoms with E-state index < -0.39 is 23.9 Å². The quantitative estimate of drug-likeness (QED) is 0.348. The Morgan fingerprint density at radius 2 is 2.08 bits per heavy atom. The first-order valence-electron chi connectivity index (χ1n) is 6.90. The molecule has 3 N–H and O–H groups in total. The fraction of sp³-hybridized carbons (Fsp3) is 0.385. The normalized spacial score (nSPS) is 12.7. The lowest BCUT2D eigenvalue weighted by Gasteiger charge is -2.07. The molecule has 24 heavy (non-hydrogen) atoms. The van der Waals surface area contributed by atoms with E-state index in [2.05, 4.69) is 0 Å². The molecule has 0 saturated heterocycles. The van der Waals surface area contributed by atoms with Crippen molar-refractivity contribution < 1.29 is 27.5 Å². The van der Waals surface area contributed by atoms with Crippen molar-refractivity contribution in [2.24, 2.45) is 0 Å². The second-order valence-electron chi connectivity index (χ2n) is 5.03. The van der Waals surface area contributed by atoms with Crippen LogP contribution >= 0.6 is 30.5 Å². The van der Waals surface area contributed by atoms with Crippen molar-refractivity contribution in [3.63, 3.8) is 0 Å². The van der Waals surface area contributed by atoms with Gasteiger partial charge in [-0.1, -0.05) is 0 Å². The molecule has 7 nitrogen and oxygen atoms in total. The van der Waals surface area contributed by atoms with Gasteiger partial charge in [0.05, 0.1) is 6.61 Å². The van der Waals surface area contributed by atoms with Crippen LogP contribution in [0.5, 0.6) is 5.75 Å². The van der Waals surface area contributed by atoms with E-state index in [0.717, 1.165) is 21.4 Å². The molecule has 134 valence electrons. The average molecular weight is 414 g/mol. The lowest BCUT2D eigenvalue weighted by atomic mass is 10.2. The van der Waals surface area contributed by atoms with E-state index in [1.807, 2.05) is 4.72 Å². The Morgan fingerprint density at radius 3 is 2.71 bits per heavy atom. The van der Waals surface area contributed by atoms with Crippen molar-refractivity contribution in [1.29, 1.82) is 0 Å². The monoisotopic (exact) mass is 413 g/mol. The van der Waals surface area contributed by atoms with Crippen LogP contribution < -0.4 is 9.46 Å². The number of aryl methyl sites for hydroxylation is 1. The van der Waals surface area contributed by atoms with Gasteiger partial charge in [0.2, 0.25) is 0 Å². The van der Waals surface area contributed by atoms with Crippen LogP contribution in [0.15, 0.2) is 22.4 Å². The third kappa shape index (κ3) is 4.92. The van der Waals surface area contributed by atoms with Gasteiger partial charge in [-0.05, 0) is 37.1 Å². The van der Waals surface area contributed by atoms with Gasteiger partial charge in [-0.25, -0.2) is 8.42 Å². The Balaban J connectivity index is 2.32. The second-order valence-corrected chi connectivity index (χ2v) is 10.1. The molecule has 0 amide bonds. The molecule has 11 heteroatoms. The molecule has 2 aromatic rings. The van der Waals surface area contributed by atoms with E-state index >= 15 is 0 Å². The molecule has 0 fully saturated rings. The maximum Gasteiger partial charge on any atom is 0.340 e. The van der Waals surface area contributed by atoms with E-state index in [9.17, 15) is 13.0 Å². The van der Waals surface area contributed by atoms with Crippen LogP contribution in [0.2, 0.25) is 0 Å². The van der Waals surface area contributed by atoms with Crippen LogP contribution in [0.1, 0.15) is 12.0 Å². The van der Waals surface area contributed by atoms with E-state index in [1.165, 1.54) is 0 Å². The molecule has 0 unspecified atom stereocenters. The molecule has 0 aliphatic heterocycles. The first-order chi connectivity index (χ1) is 11.1. The number of sulfonamides is 1. The first-order valence-corrected chi connectivity index (χ1v) is 11.5. The Labute approximate surface area is 148 Å². The van der Waals surface area contributed by atoms with Crippen LogP contribution in [-0.4, -0.2) is 37.0 Å². The van der Waals surface area contributed by atoms with Crippen LogP contribution in [0, 0.1) is 6.92 Å². The van der Waals surface area contributed by atoms with E-state index in [4.69, 9.17) is 26.1 Å². The molecule has 0 spiro atoms. The Kier molecular flexibility index (Phi) is 6.30. The van der Waals surface area contributed by atoms with Crippen molar-refractivity contribution >= 4 is 50.6 Å². The van der Waals surface area contributed by atoms with Gasteiger partial charge in [0, 0.05) is 16.0 Å². The largest absolute Gasteiger partial charge is 0.494 e. The summed E-state index contributed by atoms with van der Waals surface area (Å²) in [7, 11) is -8.47. The summed E-state index contributed by atoms with van der Waals surface area (Å²) in [5.74, 6) is 1.11. The van der Waals surface area contributed by atoms with Crippen LogP contribution in [0.25, 0.3) is 10.1 Å². The summed E-state index contributed by atoms with van der Waals surface area (Å²) in [6, 6.07) is 5.24. The maximum absolute atomic E-state index is 12.3. The van der Waals surface area contributed by atoms with Crippen molar-refractivity contribution in [3.8, 4) is 5.75 Å². The summed E-state index contributed by atoms with van der Waals surface area (Å²) >= 11 is 6.63. The minimum Gasteiger partial charge on any atom is -0.494 e. The zero-order valence-electron chi connectivity index (χ0n) is 12.7. The highest BCUT2D eigenvalue weighted by Crippen LogP contribution is 2.37. The summed E-state index contributed by atoms with van der Waals surface area (Å²) < 4.78 is 43.7. The number of benzene rings is 1. The number of nitrogens with one attached hydrogen (secondary N) is 1. The first kappa shape index (κ1) is 19.7. The highest BCUT2D eigenvalue weighted by Gasteiger charge is 2.25. The highest BCUT2D eigenvalue weighted by molar-refractivity contribution is 7.92. The molecular formula is C13H17ClNO6PS2. The summed E-state index contributed by atoms with van der Waals surface area (Å²) in [6.45, 7) is 2.11. The van der Waals surface area contributed by atoms with Crippen LogP contribution in [0.4, 0.5) is 0 Å². The van der Waals surface area contributed by atoms with Crippen molar-refractivity contribution in [2.75, 3.05) is 18.8 Å². The van der Waals surface area contributed by atoms with Crippen LogP contribution in [-0.2, 0) is 14.6 Å². The maximum atomic E-state index is 12.3. The zero-order chi connectivity index (χ0) is 18.0. The van der Waals surface area contributed by atoms with Gasteiger partial charge in [-0.2, -0.15) is 4.72 Å². The number of hydrogen-bond acceptors (Lipinski definition) is 5. The van der Waals surface area contributed by atoms with Crippen molar-refractivity contribution in [3.05, 3.63) is 23.8 Å². The fourth-order valence-corrected chi connectivity index (χ4v) is 5.91. The van der Waals surface area contributed by atoms with Gasteiger partial charge in [-0.3, -0.25) is 4.57 Å². The summed E-state index contributed by atoms with van der Waals surface area (Å²) in [5, 5.41) is 0.722. The van der Waals surface area contributed by atoms with Crippen molar-refractivity contribution in [2.45, 2.75) is 17.6 Å². The number of halogens is 1. The van der Waals surface area contributed by atoms with Gasteiger partial charge >= 0.3 is 7.60 Å². The van der Waals surface area contributed by atoms with Crippen molar-refractivity contribution in [1.82, 2.24) is 4.72 Å². The van der Waals surface area contributed by atoms with E-state index in [1.54, 1.807) is 25.1 Å². The Hall–Kier alpha value is -0.670. The molecular weight excluding hydrogens is 397 g/mol. The Bertz CT molecular complexity index is 876. The average Bonchev–Trinajstić information content (AvgIpc) is 2.83. The number of hydrogen-bond donors (Lipinski definition) is 3. The number of thiophene rings is 1. The molecule has 0 radical (unpaired) electrons. The molecule has 0 aliphatic carbocycles. The minimum atomic E-state index is -4.47. The number of alkyl halides is 1. The Morgan fingerprint density at radius 1 is 1.38 bits per heavy atom. The molecule has 1 heterocycles. The van der Waals surface area contributed by atoms with E-state index in [0.29, 0.717) is 30.2 Å². The minimum absolute atomic E-state index is 0.0314. The summed E-state index contributed by atoms with van der Waals surface area (Å²) in [6.07, 6.45) is -0.232. The fourth-order valence-electron chi connectivity index (χ4n) is 2.00. The smallest absolute Gasteiger partial charge is 0.340 e. The summed E-state index contributed by atoms with van der Waals surface area (Å²) in [5.41, 5.74) is 0.510. The number of ether oxygens (including phenoxy) is 1. The van der Waals surface area contributed by atoms with Gasteiger partial charge < -0.3 is 14.5 Å². The van der Waals surface area contributed by atoms with Gasteiger partial charge in [0.1, 0.15) is 16.2 Å². The second kappa shape index (κ2) is 7.70. The third-order valence-electron chi connectivity index (χ3n) is 3.12. The van der Waals surface area contributed by atoms with Gasteiger partial charge in [-0.15, -0.1) is 22.9 Å². The van der Waals surface area contributed by atoms with E-state index in [-0.39, 0.29) is 4.21 Å². The molecule has 1 aromatic carbocycles. The number of rotatable bonds is 8. The molecule has 0 saturated carbocycles. The molecule has 0 atom stereocenters.